The summed E-state index contributed by atoms with van der Waals surface area (Å²) in [7, 11) is 1.61. The number of nitrogens with zero attached hydrogens (tertiary/aromatic N) is 2. The second-order valence-corrected chi connectivity index (χ2v) is 12.5. The van der Waals surface area contributed by atoms with Crippen LogP contribution >= 0.6 is 27.5 Å². The lowest BCUT2D eigenvalue weighted by molar-refractivity contribution is -0.139. The topological polar surface area (TPSA) is 69.7 Å². The Kier molecular flexibility index (Phi) is 9.74. The summed E-state index contributed by atoms with van der Waals surface area (Å²) in [6, 6.07) is 8.58. The lowest BCUT2D eigenvalue weighted by Gasteiger charge is -2.44. The van der Waals surface area contributed by atoms with E-state index in [2.05, 4.69) is 21.2 Å². The highest BCUT2D eigenvalue weighted by atomic mass is 79.9. The number of piperidine rings is 1. The van der Waals surface area contributed by atoms with Crippen LogP contribution in [-0.2, 0) is 15.8 Å². The molecule has 0 bridgehead atoms. The quantitative estimate of drug-likeness (QED) is 0.395. The van der Waals surface area contributed by atoms with Crippen molar-refractivity contribution in [3.8, 4) is 0 Å². The lowest BCUT2D eigenvalue weighted by Crippen LogP contribution is -2.53. The third-order valence-electron chi connectivity index (χ3n) is 8.27. The molecule has 4 rings (SSSR count). The minimum absolute atomic E-state index is 0.0605. The first-order chi connectivity index (χ1) is 19.2. The molecule has 1 aliphatic heterocycles. The predicted octanol–water partition coefficient (Wildman–Crippen LogP) is 6.58. The van der Waals surface area contributed by atoms with Crippen LogP contribution in [-0.4, -0.2) is 59.7 Å². The van der Waals surface area contributed by atoms with E-state index in [-0.39, 0.29) is 45.8 Å². The van der Waals surface area contributed by atoms with E-state index in [1.807, 2.05) is 24.0 Å². The molecule has 1 saturated heterocycles. The van der Waals surface area contributed by atoms with E-state index in [4.69, 9.17) is 11.6 Å². The van der Waals surface area contributed by atoms with Crippen molar-refractivity contribution >= 4 is 45.3 Å². The summed E-state index contributed by atoms with van der Waals surface area (Å²) < 4.78 is 40.5. The van der Waals surface area contributed by atoms with E-state index in [1.54, 1.807) is 13.1 Å². The van der Waals surface area contributed by atoms with Gasteiger partial charge in [-0.3, -0.25) is 14.4 Å². The van der Waals surface area contributed by atoms with Crippen LogP contribution < -0.4 is 5.32 Å². The average Bonchev–Trinajstić information content (AvgIpc) is 2.92. The summed E-state index contributed by atoms with van der Waals surface area (Å²) in [6.45, 7) is 4.19. The molecule has 11 heteroatoms. The molecule has 3 amide bonds. The van der Waals surface area contributed by atoms with Crippen LogP contribution in [0.4, 0.5) is 13.2 Å². The number of likely N-dealkylation sites (N-methyl/N-ethyl adjacent to an activating group) is 1. The Hall–Kier alpha value is -2.59. The van der Waals surface area contributed by atoms with E-state index < -0.39 is 17.6 Å². The molecule has 2 atom stereocenters. The number of amides is 3. The summed E-state index contributed by atoms with van der Waals surface area (Å²) in [5, 5.41) is 3.54. The van der Waals surface area contributed by atoms with Crippen LogP contribution in [0, 0.1) is 12.8 Å². The molecule has 0 radical (unpaired) electrons. The summed E-state index contributed by atoms with van der Waals surface area (Å²) in [6.07, 6.45) is -1.24. The Morgan fingerprint density at radius 3 is 2.34 bits per heavy atom. The molecule has 2 aliphatic rings. The monoisotopic (exact) mass is 655 g/mol. The van der Waals surface area contributed by atoms with Crippen molar-refractivity contribution in [3.63, 3.8) is 0 Å². The Bertz CT molecular complexity index is 1310. The van der Waals surface area contributed by atoms with Gasteiger partial charge in [-0.1, -0.05) is 39.7 Å². The predicted molar refractivity (Wildman–Crippen MR) is 155 cm³/mol. The molecule has 0 spiro atoms. The number of hydrogen-bond donors (Lipinski definition) is 1. The van der Waals surface area contributed by atoms with E-state index in [1.165, 1.54) is 17.9 Å². The van der Waals surface area contributed by atoms with E-state index in [0.29, 0.717) is 37.4 Å². The Balaban J connectivity index is 1.57. The Morgan fingerprint density at radius 1 is 1.05 bits per heavy atom. The smallest absolute Gasteiger partial charge is 0.354 e. The number of likely N-dealkylation sites (tertiary alicyclic amines) is 1. The second kappa shape index (κ2) is 12.7. The molecule has 2 aromatic rings. The van der Waals surface area contributed by atoms with Gasteiger partial charge in [0.05, 0.1) is 5.56 Å². The fourth-order valence-corrected chi connectivity index (χ4v) is 6.70. The van der Waals surface area contributed by atoms with Crippen LogP contribution in [0.1, 0.15) is 72.0 Å². The van der Waals surface area contributed by atoms with E-state index in [0.717, 1.165) is 36.1 Å². The highest BCUT2D eigenvalue weighted by molar-refractivity contribution is 9.10. The van der Waals surface area contributed by atoms with Crippen LogP contribution in [0.2, 0.25) is 5.02 Å². The summed E-state index contributed by atoms with van der Waals surface area (Å²) in [5.41, 5.74) is 0.809. The van der Waals surface area contributed by atoms with Gasteiger partial charge in [0, 0.05) is 66.0 Å². The number of hydrogen-bond acceptors (Lipinski definition) is 3. The Morgan fingerprint density at radius 2 is 1.73 bits per heavy atom. The van der Waals surface area contributed by atoms with Crippen molar-refractivity contribution in [1.29, 1.82) is 0 Å². The van der Waals surface area contributed by atoms with Crippen molar-refractivity contribution < 1.29 is 27.6 Å². The zero-order chi connectivity index (χ0) is 30.1. The average molecular weight is 657 g/mol. The molecule has 1 heterocycles. The third kappa shape index (κ3) is 7.44. The number of nitrogens with one attached hydrogen (secondary N) is 1. The molecule has 1 aliphatic carbocycles. The highest BCUT2D eigenvalue weighted by Gasteiger charge is 2.40. The first kappa shape index (κ1) is 31.3. The van der Waals surface area contributed by atoms with Gasteiger partial charge in [-0.15, -0.1) is 0 Å². The molecule has 0 unspecified atom stereocenters. The van der Waals surface area contributed by atoms with Gasteiger partial charge in [0.1, 0.15) is 0 Å². The normalized spacial score (nSPS) is 23.2. The fraction of sp³-hybridized carbons (Fsp3) is 0.500. The Labute approximate surface area is 251 Å². The van der Waals surface area contributed by atoms with Crippen LogP contribution in [0.5, 0.6) is 0 Å². The maximum absolute atomic E-state index is 13.6. The van der Waals surface area contributed by atoms with Gasteiger partial charge < -0.3 is 15.1 Å². The van der Waals surface area contributed by atoms with Crippen molar-refractivity contribution in [2.24, 2.45) is 5.92 Å². The van der Waals surface area contributed by atoms with Gasteiger partial charge in [-0.05, 0) is 74.4 Å². The standard InChI is InChI=1S/C30H34BrClF3N3O3/c1-17-12-20(6-9-26(17)32)25-16-38(29(41)19-4-7-24(8-5-19)36-18(2)39)11-10-27(25)37(3)28(40)21-13-22(30(33,34)35)15-23(31)14-21/h6,9,12-15,19,24-25,27H,4-5,7-8,10-11,16H2,1-3H3,(H,36,39)/t19?,24?,25-,27+/m0/s1. The van der Waals surface area contributed by atoms with Crippen LogP contribution in [0.15, 0.2) is 40.9 Å². The molecule has 222 valence electrons. The molecule has 41 heavy (non-hydrogen) atoms. The van der Waals surface area contributed by atoms with Gasteiger partial charge >= 0.3 is 6.18 Å². The van der Waals surface area contributed by atoms with Crippen molar-refractivity contribution in [1.82, 2.24) is 15.1 Å². The van der Waals surface area contributed by atoms with Crippen molar-refractivity contribution in [2.45, 2.75) is 70.1 Å². The van der Waals surface area contributed by atoms with Gasteiger partial charge in [0.15, 0.2) is 0 Å². The van der Waals surface area contributed by atoms with Gasteiger partial charge in [-0.2, -0.15) is 13.2 Å². The number of carbonyl (C=O) groups excluding carboxylic acids is 3. The number of halogens is 5. The zero-order valence-electron chi connectivity index (χ0n) is 23.2. The molecule has 6 nitrogen and oxygen atoms in total. The minimum Gasteiger partial charge on any atom is -0.354 e. The molecular weight excluding hydrogens is 623 g/mol. The summed E-state index contributed by atoms with van der Waals surface area (Å²) >= 11 is 9.40. The number of carbonyl (C=O) groups is 3. The summed E-state index contributed by atoms with van der Waals surface area (Å²) in [5.74, 6) is -0.919. The number of benzene rings is 2. The molecule has 1 N–H and O–H groups in total. The number of rotatable bonds is 5. The third-order valence-corrected chi connectivity index (χ3v) is 9.15. The maximum atomic E-state index is 13.6. The van der Waals surface area contributed by atoms with Gasteiger partial charge in [0.25, 0.3) is 5.91 Å². The molecule has 2 aromatic carbocycles. The molecule has 0 aromatic heterocycles. The molecular formula is C30H34BrClF3N3O3. The maximum Gasteiger partial charge on any atom is 0.416 e. The highest BCUT2D eigenvalue weighted by Crippen LogP contribution is 2.36. The number of aryl methyl sites for hydroxylation is 1. The summed E-state index contributed by atoms with van der Waals surface area (Å²) in [4.78, 5) is 41.9. The molecule has 2 fully saturated rings. The fourth-order valence-electron chi connectivity index (χ4n) is 6.09. The van der Waals surface area contributed by atoms with Crippen molar-refractivity contribution in [3.05, 3.63) is 68.1 Å². The van der Waals surface area contributed by atoms with E-state index in [9.17, 15) is 27.6 Å². The second-order valence-electron chi connectivity index (χ2n) is 11.1. The van der Waals surface area contributed by atoms with Gasteiger partial charge in [-0.25, -0.2) is 0 Å². The minimum atomic E-state index is -4.59. The van der Waals surface area contributed by atoms with Crippen LogP contribution in [0.25, 0.3) is 0 Å². The van der Waals surface area contributed by atoms with Crippen LogP contribution in [0.3, 0.4) is 0 Å². The zero-order valence-corrected chi connectivity index (χ0v) is 25.6. The van der Waals surface area contributed by atoms with Gasteiger partial charge in [0.2, 0.25) is 11.8 Å². The van der Waals surface area contributed by atoms with E-state index >= 15 is 0 Å². The largest absolute Gasteiger partial charge is 0.416 e. The lowest BCUT2D eigenvalue weighted by atomic mass is 9.81. The first-order valence-corrected chi connectivity index (χ1v) is 14.9. The SMILES string of the molecule is CC(=O)NC1CCC(C(=O)N2CC[C@@H](N(C)C(=O)c3cc(Br)cc(C(F)(F)F)c3)[C@H](c3ccc(Cl)c(C)c3)C2)CC1. The number of alkyl halides is 3. The molecule has 1 saturated carbocycles. The first-order valence-electron chi connectivity index (χ1n) is 13.7. The van der Waals surface area contributed by atoms with Crippen molar-refractivity contribution in [2.75, 3.05) is 20.1 Å².